The van der Waals surface area contributed by atoms with Gasteiger partial charge in [-0.05, 0) is 98.8 Å². The Balaban J connectivity index is 1.44. The van der Waals surface area contributed by atoms with Crippen LogP contribution in [0.5, 0.6) is 0 Å². The lowest BCUT2D eigenvalue weighted by Crippen LogP contribution is -2.51. The van der Waals surface area contributed by atoms with Crippen molar-refractivity contribution < 1.29 is 19.1 Å². The van der Waals surface area contributed by atoms with Crippen LogP contribution >= 0.6 is 0 Å². The zero-order chi connectivity index (χ0) is 22.5. The van der Waals surface area contributed by atoms with E-state index in [1.165, 1.54) is 11.1 Å². The van der Waals surface area contributed by atoms with Crippen LogP contribution in [0.4, 0.5) is 0 Å². The standard InChI is InChI=1S/C27H33NO4/c1-26(2,23-8-5-15-32-23)28-25(31)22-12-11-21-20-10-9-17-6-3-4-7-18(17)19(20)13-14-27(21,22)16-24(29)30/h3-8,15,19-22H,9-14,16H2,1-2H3,(H,28,31)(H,29,30)/t19-,20-,21+,22?,27-/m1/s1. The molecule has 1 aromatic carbocycles. The molecule has 0 radical (unpaired) electrons. The minimum absolute atomic E-state index is 0.0233. The predicted octanol–water partition coefficient (Wildman–Crippen LogP) is 5.26. The number of amides is 1. The molecule has 0 saturated heterocycles. The summed E-state index contributed by atoms with van der Waals surface area (Å²) in [5, 5.41) is 13.1. The van der Waals surface area contributed by atoms with Crippen LogP contribution in [0.1, 0.15) is 75.2 Å². The highest BCUT2D eigenvalue weighted by Crippen LogP contribution is 2.64. The number of fused-ring (bicyclic) bond motifs is 5. The average Bonchev–Trinajstić information content (AvgIpc) is 3.41. The Hall–Kier alpha value is -2.56. The summed E-state index contributed by atoms with van der Waals surface area (Å²) in [6.07, 6.45) is 7.33. The average molecular weight is 436 g/mol. The molecule has 5 atom stereocenters. The summed E-state index contributed by atoms with van der Waals surface area (Å²) >= 11 is 0. The molecule has 0 bridgehead atoms. The van der Waals surface area contributed by atoms with E-state index < -0.39 is 16.9 Å². The van der Waals surface area contributed by atoms with Crippen molar-refractivity contribution in [2.45, 2.75) is 70.3 Å². The highest BCUT2D eigenvalue weighted by molar-refractivity contribution is 5.82. The summed E-state index contributed by atoms with van der Waals surface area (Å²) in [6.45, 7) is 3.88. The molecule has 5 nitrogen and oxygen atoms in total. The fourth-order valence-electron chi connectivity index (χ4n) is 7.44. The molecule has 1 unspecified atom stereocenters. The summed E-state index contributed by atoms with van der Waals surface area (Å²) in [6, 6.07) is 12.4. The molecule has 0 spiro atoms. The lowest BCUT2D eigenvalue weighted by molar-refractivity contribution is -0.146. The maximum atomic E-state index is 13.6. The third-order valence-corrected chi connectivity index (χ3v) is 8.72. The number of carboxylic acids is 1. The molecule has 1 aromatic heterocycles. The molecule has 2 aromatic rings. The van der Waals surface area contributed by atoms with Gasteiger partial charge in [-0.3, -0.25) is 9.59 Å². The van der Waals surface area contributed by atoms with Crippen molar-refractivity contribution >= 4 is 11.9 Å². The van der Waals surface area contributed by atoms with Crippen molar-refractivity contribution in [1.29, 1.82) is 0 Å². The maximum Gasteiger partial charge on any atom is 0.303 e. The lowest BCUT2D eigenvalue weighted by atomic mass is 9.52. The number of hydrogen-bond donors (Lipinski definition) is 2. The van der Waals surface area contributed by atoms with Crippen LogP contribution < -0.4 is 5.32 Å². The number of aliphatic carboxylic acids is 1. The Kier molecular flexibility index (Phi) is 5.18. The number of carbonyl (C=O) groups is 2. The van der Waals surface area contributed by atoms with Crippen LogP contribution in [-0.4, -0.2) is 17.0 Å². The van der Waals surface area contributed by atoms with E-state index in [1.54, 1.807) is 6.26 Å². The molecule has 170 valence electrons. The molecule has 1 amide bonds. The second-order valence-corrected chi connectivity index (χ2v) is 10.7. The maximum absolute atomic E-state index is 13.6. The van der Waals surface area contributed by atoms with Crippen molar-refractivity contribution in [2.75, 3.05) is 0 Å². The van der Waals surface area contributed by atoms with Crippen molar-refractivity contribution in [3.05, 3.63) is 59.5 Å². The van der Waals surface area contributed by atoms with E-state index in [9.17, 15) is 14.7 Å². The molecule has 2 fully saturated rings. The van der Waals surface area contributed by atoms with Crippen LogP contribution in [0.25, 0.3) is 0 Å². The van der Waals surface area contributed by atoms with Gasteiger partial charge in [0, 0.05) is 5.92 Å². The van der Waals surface area contributed by atoms with Crippen molar-refractivity contribution in [2.24, 2.45) is 23.2 Å². The molecule has 32 heavy (non-hydrogen) atoms. The number of aryl methyl sites for hydroxylation is 1. The second kappa shape index (κ2) is 7.79. The Labute approximate surface area is 189 Å². The SMILES string of the molecule is CC(C)(NC(=O)C1CC[C@H]2[C@@H]3CCc4ccccc4[C@H]3CC[C@]12CC(=O)O)c1ccco1. The summed E-state index contributed by atoms with van der Waals surface area (Å²) in [4.78, 5) is 25.7. The van der Waals surface area contributed by atoms with E-state index in [4.69, 9.17) is 4.42 Å². The van der Waals surface area contributed by atoms with Gasteiger partial charge in [0.15, 0.2) is 0 Å². The number of carboxylic acid groups (broad SMARTS) is 1. The quantitative estimate of drug-likeness (QED) is 0.672. The minimum atomic E-state index is -0.783. The summed E-state index contributed by atoms with van der Waals surface area (Å²) in [5.74, 6) is 0.881. The van der Waals surface area contributed by atoms with E-state index in [-0.39, 0.29) is 24.2 Å². The number of rotatable bonds is 5. The highest BCUT2D eigenvalue weighted by atomic mass is 16.4. The minimum Gasteiger partial charge on any atom is -0.481 e. The van der Waals surface area contributed by atoms with Crippen LogP contribution in [0.2, 0.25) is 0 Å². The number of nitrogens with one attached hydrogen (secondary N) is 1. The fraction of sp³-hybridized carbons (Fsp3) is 0.556. The molecule has 2 N–H and O–H groups in total. The Morgan fingerprint density at radius 2 is 1.94 bits per heavy atom. The topological polar surface area (TPSA) is 79.5 Å². The van der Waals surface area contributed by atoms with E-state index in [2.05, 4.69) is 29.6 Å². The van der Waals surface area contributed by atoms with Crippen LogP contribution in [0, 0.1) is 23.2 Å². The summed E-state index contributed by atoms with van der Waals surface area (Å²) < 4.78 is 5.55. The largest absolute Gasteiger partial charge is 0.481 e. The number of benzene rings is 1. The van der Waals surface area contributed by atoms with Crippen LogP contribution in [-0.2, 0) is 21.5 Å². The molecular formula is C27H33NO4. The number of furan rings is 1. The third kappa shape index (κ3) is 3.37. The second-order valence-electron chi connectivity index (χ2n) is 10.7. The van der Waals surface area contributed by atoms with Crippen LogP contribution in [0.3, 0.4) is 0 Å². The first-order valence-electron chi connectivity index (χ1n) is 12.0. The van der Waals surface area contributed by atoms with Gasteiger partial charge < -0.3 is 14.8 Å². The van der Waals surface area contributed by atoms with Gasteiger partial charge in [0.2, 0.25) is 5.91 Å². The van der Waals surface area contributed by atoms with Crippen molar-refractivity contribution in [3.8, 4) is 0 Å². The molecule has 1 heterocycles. The normalized spacial score (nSPS) is 31.3. The fourth-order valence-corrected chi connectivity index (χ4v) is 7.44. The molecule has 3 aliphatic rings. The summed E-state index contributed by atoms with van der Waals surface area (Å²) in [7, 11) is 0. The lowest BCUT2D eigenvalue weighted by Gasteiger charge is -2.52. The highest BCUT2D eigenvalue weighted by Gasteiger charge is 2.60. The van der Waals surface area contributed by atoms with Crippen LogP contribution in [0.15, 0.2) is 47.1 Å². The van der Waals surface area contributed by atoms with Gasteiger partial charge in [0.05, 0.1) is 18.2 Å². The zero-order valence-electron chi connectivity index (χ0n) is 19.0. The first-order chi connectivity index (χ1) is 15.3. The molecule has 5 heteroatoms. The number of carbonyl (C=O) groups excluding carboxylic acids is 1. The van der Waals surface area contributed by atoms with Crippen molar-refractivity contribution in [1.82, 2.24) is 5.32 Å². The van der Waals surface area contributed by atoms with E-state index in [1.807, 2.05) is 26.0 Å². The third-order valence-electron chi connectivity index (χ3n) is 8.72. The van der Waals surface area contributed by atoms with E-state index in [0.717, 1.165) is 38.5 Å². The Bertz CT molecular complexity index is 1010. The Morgan fingerprint density at radius 1 is 1.12 bits per heavy atom. The van der Waals surface area contributed by atoms with Gasteiger partial charge in [-0.15, -0.1) is 0 Å². The first-order valence-corrected chi connectivity index (χ1v) is 12.0. The van der Waals surface area contributed by atoms with Gasteiger partial charge in [-0.25, -0.2) is 0 Å². The smallest absolute Gasteiger partial charge is 0.303 e. The molecule has 2 saturated carbocycles. The summed E-state index contributed by atoms with van der Waals surface area (Å²) in [5.41, 5.74) is 1.82. The molecule has 3 aliphatic carbocycles. The number of hydrogen-bond acceptors (Lipinski definition) is 3. The predicted molar refractivity (Wildman–Crippen MR) is 121 cm³/mol. The first kappa shape index (κ1) is 21.3. The zero-order valence-corrected chi connectivity index (χ0v) is 19.0. The Morgan fingerprint density at radius 3 is 2.69 bits per heavy atom. The molecule has 5 rings (SSSR count). The van der Waals surface area contributed by atoms with Gasteiger partial charge in [-0.2, -0.15) is 0 Å². The molecule has 0 aliphatic heterocycles. The molecular weight excluding hydrogens is 402 g/mol. The van der Waals surface area contributed by atoms with Gasteiger partial charge >= 0.3 is 5.97 Å². The van der Waals surface area contributed by atoms with Gasteiger partial charge in [-0.1, -0.05) is 24.3 Å². The van der Waals surface area contributed by atoms with Gasteiger partial charge in [0.25, 0.3) is 0 Å². The van der Waals surface area contributed by atoms with E-state index in [0.29, 0.717) is 17.6 Å². The van der Waals surface area contributed by atoms with Crippen molar-refractivity contribution in [3.63, 3.8) is 0 Å². The monoisotopic (exact) mass is 435 g/mol. The van der Waals surface area contributed by atoms with E-state index >= 15 is 0 Å². The van der Waals surface area contributed by atoms with Gasteiger partial charge in [0.1, 0.15) is 5.76 Å².